The van der Waals surface area contributed by atoms with E-state index < -0.39 is 35.6 Å². The first kappa shape index (κ1) is 30.3. The predicted octanol–water partition coefficient (Wildman–Crippen LogP) is 5.49. The van der Waals surface area contributed by atoms with Crippen LogP contribution in [0.25, 0.3) is 0 Å². The first-order valence-corrected chi connectivity index (χ1v) is 12.6. The molecular weight excluding hydrogens is 531 g/mol. The Labute approximate surface area is 229 Å². The van der Waals surface area contributed by atoms with Crippen molar-refractivity contribution < 1.29 is 46.8 Å². The second kappa shape index (κ2) is 15.4. The van der Waals surface area contributed by atoms with Crippen LogP contribution in [0.15, 0.2) is 66.7 Å². The lowest BCUT2D eigenvalue weighted by molar-refractivity contribution is -0.149. The van der Waals surface area contributed by atoms with Gasteiger partial charge in [-0.3, -0.25) is 0 Å². The third kappa shape index (κ3) is 9.81. The van der Waals surface area contributed by atoms with Gasteiger partial charge in [0.2, 0.25) is 0 Å². The van der Waals surface area contributed by atoms with Crippen LogP contribution in [0, 0.1) is 17.5 Å². The molecule has 0 bridgehead atoms. The Morgan fingerprint density at radius 2 is 1.48 bits per heavy atom. The van der Waals surface area contributed by atoms with Gasteiger partial charge in [0.15, 0.2) is 17.7 Å². The average Bonchev–Trinajstić information content (AvgIpc) is 2.93. The van der Waals surface area contributed by atoms with Gasteiger partial charge in [-0.05, 0) is 67.4 Å². The number of halogens is 3. The SMILES string of the molecule is CCOC(Cc1ccc(OCCN(CCCOc2ccc(F)cc2)C(=O)Oc2ccc(F)cc2F)cc1)C(=O)O. The molecule has 1 atom stereocenters. The molecule has 1 amide bonds. The number of rotatable bonds is 15. The Morgan fingerprint density at radius 1 is 0.850 bits per heavy atom. The molecule has 1 N–H and O–H groups in total. The van der Waals surface area contributed by atoms with E-state index in [0.717, 1.165) is 17.7 Å². The van der Waals surface area contributed by atoms with E-state index in [1.54, 1.807) is 31.2 Å². The summed E-state index contributed by atoms with van der Waals surface area (Å²) in [5, 5.41) is 9.25. The summed E-state index contributed by atoms with van der Waals surface area (Å²) < 4.78 is 62.0. The van der Waals surface area contributed by atoms with Crippen molar-refractivity contribution in [3.63, 3.8) is 0 Å². The quantitative estimate of drug-likeness (QED) is 0.246. The molecule has 3 aromatic rings. The van der Waals surface area contributed by atoms with Crippen molar-refractivity contribution in [2.45, 2.75) is 25.9 Å². The van der Waals surface area contributed by atoms with Gasteiger partial charge in [-0.25, -0.2) is 22.8 Å². The monoisotopic (exact) mass is 561 g/mol. The fraction of sp³-hybridized carbons (Fsp3) is 0.310. The van der Waals surface area contributed by atoms with Crippen molar-refractivity contribution in [3.05, 3.63) is 89.7 Å². The lowest BCUT2D eigenvalue weighted by atomic mass is 10.1. The van der Waals surface area contributed by atoms with Crippen LogP contribution in [0.5, 0.6) is 17.2 Å². The summed E-state index contributed by atoms with van der Waals surface area (Å²) in [6.07, 6.45) is -1.24. The van der Waals surface area contributed by atoms with Crippen molar-refractivity contribution in [2.24, 2.45) is 0 Å². The van der Waals surface area contributed by atoms with Crippen molar-refractivity contribution in [3.8, 4) is 17.2 Å². The van der Waals surface area contributed by atoms with E-state index in [-0.39, 0.29) is 45.1 Å². The van der Waals surface area contributed by atoms with E-state index in [2.05, 4.69) is 0 Å². The number of ether oxygens (including phenoxy) is 4. The number of carboxylic acids is 1. The lowest BCUT2D eigenvalue weighted by Crippen LogP contribution is -2.38. The summed E-state index contributed by atoms with van der Waals surface area (Å²) in [5.74, 6) is -2.71. The van der Waals surface area contributed by atoms with Gasteiger partial charge in [-0.2, -0.15) is 0 Å². The van der Waals surface area contributed by atoms with Crippen molar-refractivity contribution >= 4 is 12.1 Å². The van der Waals surface area contributed by atoms with E-state index in [4.69, 9.17) is 18.9 Å². The average molecular weight is 562 g/mol. The second-order valence-corrected chi connectivity index (χ2v) is 8.56. The van der Waals surface area contributed by atoms with Gasteiger partial charge in [0.1, 0.15) is 29.7 Å². The molecule has 8 nitrogen and oxygen atoms in total. The zero-order chi connectivity index (χ0) is 28.9. The van der Waals surface area contributed by atoms with Crippen LogP contribution in [0.1, 0.15) is 18.9 Å². The Morgan fingerprint density at radius 3 is 2.10 bits per heavy atom. The smallest absolute Gasteiger partial charge is 0.415 e. The number of benzene rings is 3. The second-order valence-electron chi connectivity index (χ2n) is 8.56. The number of hydrogen-bond donors (Lipinski definition) is 1. The Bertz CT molecular complexity index is 1240. The molecule has 0 aromatic heterocycles. The van der Waals surface area contributed by atoms with Crippen LogP contribution >= 0.6 is 0 Å². The molecule has 0 saturated carbocycles. The molecule has 40 heavy (non-hydrogen) atoms. The maximum atomic E-state index is 14.0. The molecule has 0 aliphatic rings. The normalized spacial score (nSPS) is 11.5. The molecule has 0 radical (unpaired) electrons. The molecule has 0 aliphatic carbocycles. The van der Waals surface area contributed by atoms with Gasteiger partial charge in [0.25, 0.3) is 0 Å². The van der Waals surface area contributed by atoms with Crippen LogP contribution in [-0.4, -0.2) is 61.1 Å². The Hall–Kier alpha value is -4.25. The molecule has 0 aliphatic heterocycles. The predicted molar refractivity (Wildman–Crippen MR) is 139 cm³/mol. The van der Waals surface area contributed by atoms with Gasteiger partial charge >= 0.3 is 12.1 Å². The molecule has 3 aromatic carbocycles. The van der Waals surface area contributed by atoms with Crippen molar-refractivity contribution in [1.82, 2.24) is 4.90 Å². The largest absolute Gasteiger partial charge is 0.494 e. The molecule has 0 spiro atoms. The fourth-order valence-corrected chi connectivity index (χ4v) is 3.62. The third-order valence-electron chi connectivity index (χ3n) is 5.62. The zero-order valence-electron chi connectivity index (χ0n) is 21.9. The van der Waals surface area contributed by atoms with Gasteiger partial charge in [0.05, 0.1) is 13.2 Å². The number of nitrogens with zero attached hydrogens (tertiary/aromatic N) is 1. The molecule has 0 saturated heterocycles. The Kier molecular flexibility index (Phi) is 11.6. The number of amides is 1. The standard InChI is InChI=1S/C29H30F3NO7/c1-2-37-27(28(34)35)18-20-4-9-23(10-5-20)39-17-15-33(14-3-16-38-24-11-6-21(30)7-12-24)29(36)40-26-13-8-22(31)19-25(26)32/h4-13,19,27H,2-3,14-18H2,1H3,(H,34,35). The van der Waals surface area contributed by atoms with Crippen molar-refractivity contribution in [2.75, 3.05) is 32.9 Å². The van der Waals surface area contributed by atoms with E-state index in [1.807, 2.05) is 0 Å². The summed E-state index contributed by atoms with van der Waals surface area (Å²) in [6.45, 7) is 2.52. The molecule has 0 fully saturated rings. The molecular formula is C29H30F3NO7. The first-order chi connectivity index (χ1) is 19.2. The van der Waals surface area contributed by atoms with Gasteiger partial charge in [-0.15, -0.1) is 0 Å². The number of aliphatic carboxylic acids is 1. The van der Waals surface area contributed by atoms with E-state index in [9.17, 15) is 27.9 Å². The topological polar surface area (TPSA) is 94.5 Å². The van der Waals surface area contributed by atoms with Gasteiger partial charge < -0.3 is 29.0 Å². The highest BCUT2D eigenvalue weighted by Crippen LogP contribution is 2.19. The number of hydrogen-bond acceptors (Lipinski definition) is 6. The summed E-state index contributed by atoms with van der Waals surface area (Å²) in [4.78, 5) is 25.4. The summed E-state index contributed by atoms with van der Waals surface area (Å²) >= 11 is 0. The first-order valence-electron chi connectivity index (χ1n) is 12.6. The minimum atomic E-state index is -1.04. The minimum Gasteiger partial charge on any atom is -0.494 e. The highest BCUT2D eigenvalue weighted by atomic mass is 19.1. The van der Waals surface area contributed by atoms with Crippen molar-refractivity contribution in [1.29, 1.82) is 0 Å². The zero-order valence-corrected chi connectivity index (χ0v) is 21.9. The van der Waals surface area contributed by atoms with Gasteiger partial charge in [0, 0.05) is 25.6 Å². The minimum absolute atomic E-state index is 0.0653. The lowest BCUT2D eigenvalue weighted by Gasteiger charge is -2.22. The van der Waals surface area contributed by atoms with Crippen LogP contribution in [0.2, 0.25) is 0 Å². The molecule has 0 heterocycles. The number of carbonyl (C=O) groups is 2. The highest BCUT2D eigenvalue weighted by molar-refractivity contribution is 5.72. The summed E-state index contributed by atoms with van der Waals surface area (Å²) in [5.41, 5.74) is 0.751. The molecule has 214 valence electrons. The van der Waals surface area contributed by atoms with Gasteiger partial charge in [-0.1, -0.05) is 12.1 Å². The fourth-order valence-electron chi connectivity index (χ4n) is 3.62. The molecule has 1 unspecified atom stereocenters. The van der Waals surface area contributed by atoms with Crippen LogP contribution in [0.3, 0.4) is 0 Å². The Balaban J connectivity index is 1.56. The van der Waals surface area contributed by atoms with Crippen LogP contribution in [0.4, 0.5) is 18.0 Å². The number of carboxylic acid groups (broad SMARTS) is 1. The number of carbonyl (C=O) groups excluding carboxylic acids is 1. The maximum absolute atomic E-state index is 14.0. The highest BCUT2D eigenvalue weighted by Gasteiger charge is 2.19. The summed E-state index contributed by atoms with van der Waals surface area (Å²) in [7, 11) is 0. The third-order valence-corrected chi connectivity index (χ3v) is 5.62. The van der Waals surface area contributed by atoms with Crippen LogP contribution < -0.4 is 14.2 Å². The molecule has 11 heteroatoms. The van der Waals surface area contributed by atoms with Crippen LogP contribution in [-0.2, 0) is 16.0 Å². The maximum Gasteiger partial charge on any atom is 0.415 e. The molecule has 3 rings (SSSR count). The van der Waals surface area contributed by atoms with E-state index in [1.165, 1.54) is 29.2 Å². The van der Waals surface area contributed by atoms with E-state index in [0.29, 0.717) is 24.0 Å². The van der Waals surface area contributed by atoms with E-state index >= 15 is 0 Å². The summed E-state index contributed by atoms with van der Waals surface area (Å²) in [6, 6.07) is 14.9.